The molecule has 0 aliphatic carbocycles. The minimum atomic E-state index is 0.0718. The van der Waals surface area contributed by atoms with E-state index in [-0.39, 0.29) is 5.69 Å². The molecule has 1 N–H and O–H groups in total. The molecule has 3 heterocycles. The summed E-state index contributed by atoms with van der Waals surface area (Å²) in [4.78, 5) is 17.9. The van der Waals surface area contributed by atoms with Crippen LogP contribution in [-0.2, 0) is 25.9 Å². The van der Waals surface area contributed by atoms with Gasteiger partial charge in [0.25, 0.3) is 0 Å². The quantitative estimate of drug-likeness (QED) is 0.247. The highest BCUT2D eigenvalue weighted by molar-refractivity contribution is 5.79. The van der Waals surface area contributed by atoms with Crippen LogP contribution >= 0.6 is 0 Å². The van der Waals surface area contributed by atoms with Gasteiger partial charge in [0.2, 0.25) is 5.82 Å². The summed E-state index contributed by atoms with van der Waals surface area (Å²) in [5.41, 5.74) is 7.46. The Morgan fingerprint density at radius 3 is 2.42 bits per heavy atom. The van der Waals surface area contributed by atoms with Crippen LogP contribution in [0.1, 0.15) is 48.7 Å². The third-order valence-electron chi connectivity index (χ3n) is 7.11. The summed E-state index contributed by atoms with van der Waals surface area (Å²) in [6, 6.07) is 20.7. The molecule has 5 rings (SSSR count). The Balaban J connectivity index is 1.41. The molecule has 0 radical (unpaired) electrons. The van der Waals surface area contributed by atoms with Crippen LogP contribution in [0, 0.1) is 6.92 Å². The van der Waals surface area contributed by atoms with Crippen molar-refractivity contribution in [3.05, 3.63) is 106 Å². The van der Waals surface area contributed by atoms with Crippen molar-refractivity contribution in [3.8, 4) is 22.5 Å². The van der Waals surface area contributed by atoms with Gasteiger partial charge in [0.05, 0.1) is 6.54 Å². The third-order valence-corrected chi connectivity index (χ3v) is 7.11. The van der Waals surface area contributed by atoms with Crippen LogP contribution in [-0.4, -0.2) is 34.7 Å². The second kappa shape index (κ2) is 11.8. The van der Waals surface area contributed by atoms with E-state index in [1.807, 2.05) is 33.4 Å². The van der Waals surface area contributed by atoms with Crippen molar-refractivity contribution in [1.29, 1.82) is 0 Å². The lowest BCUT2D eigenvalue weighted by molar-refractivity contribution is 0.618. The minimum Gasteiger partial charge on any atom is -0.296 e. The first-order valence-electron chi connectivity index (χ1n) is 13.3. The van der Waals surface area contributed by atoms with Gasteiger partial charge in [-0.1, -0.05) is 74.4 Å². The molecular formula is C30H33N7O. The van der Waals surface area contributed by atoms with Gasteiger partial charge in [-0.2, -0.15) is 5.21 Å². The molecule has 0 amide bonds. The number of tetrazole rings is 1. The Labute approximate surface area is 222 Å². The Bertz CT molecular complexity index is 1520. The number of unbranched alkanes of at least 4 members (excludes halogenated alkanes) is 2. The normalized spacial score (nSPS) is 11.2. The number of hydrogen-bond donors (Lipinski definition) is 1. The van der Waals surface area contributed by atoms with Crippen LogP contribution in [0.5, 0.6) is 0 Å². The van der Waals surface area contributed by atoms with Crippen molar-refractivity contribution in [2.24, 2.45) is 0 Å². The number of rotatable bonds is 11. The van der Waals surface area contributed by atoms with Gasteiger partial charge in [0, 0.05) is 35.9 Å². The van der Waals surface area contributed by atoms with Gasteiger partial charge in [0.1, 0.15) is 0 Å². The first-order valence-corrected chi connectivity index (χ1v) is 13.3. The highest BCUT2D eigenvalue weighted by Gasteiger charge is 2.17. The molecule has 0 saturated carbocycles. The number of aromatic amines is 1. The zero-order chi connectivity index (χ0) is 26.3. The molecule has 38 heavy (non-hydrogen) atoms. The lowest BCUT2D eigenvalue weighted by Gasteiger charge is -2.10. The molecule has 0 fully saturated rings. The highest BCUT2D eigenvalue weighted by Crippen LogP contribution is 2.29. The van der Waals surface area contributed by atoms with Crippen LogP contribution in [0.25, 0.3) is 22.5 Å². The molecule has 0 aliphatic heterocycles. The van der Waals surface area contributed by atoms with Gasteiger partial charge in [-0.05, 0) is 59.7 Å². The van der Waals surface area contributed by atoms with Gasteiger partial charge in [-0.3, -0.25) is 14.1 Å². The second-order valence-corrected chi connectivity index (χ2v) is 9.60. The van der Waals surface area contributed by atoms with Gasteiger partial charge in [-0.25, -0.2) is 4.79 Å². The Kier molecular flexibility index (Phi) is 7.87. The van der Waals surface area contributed by atoms with E-state index < -0.39 is 0 Å². The van der Waals surface area contributed by atoms with Crippen molar-refractivity contribution in [2.45, 2.75) is 59.0 Å². The van der Waals surface area contributed by atoms with Crippen LogP contribution in [0.2, 0.25) is 0 Å². The molecule has 0 bridgehead atoms. The number of H-pyrrole nitrogens is 1. The van der Waals surface area contributed by atoms with Gasteiger partial charge < -0.3 is 0 Å². The van der Waals surface area contributed by atoms with Crippen LogP contribution in [0.4, 0.5) is 0 Å². The number of nitrogens with zero attached hydrogens (tertiary/aromatic N) is 6. The lowest BCUT2D eigenvalue weighted by atomic mass is 10.00. The van der Waals surface area contributed by atoms with Crippen molar-refractivity contribution in [3.63, 3.8) is 0 Å². The van der Waals surface area contributed by atoms with Crippen LogP contribution in [0.3, 0.4) is 0 Å². The summed E-state index contributed by atoms with van der Waals surface area (Å²) in [5, 5.41) is 14.4. The molecule has 3 aromatic heterocycles. The average molecular weight is 508 g/mol. The Hall–Kier alpha value is -4.33. The van der Waals surface area contributed by atoms with Crippen LogP contribution in [0.15, 0.2) is 77.9 Å². The predicted molar refractivity (Wildman–Crippen MR) is 149 cm³/mol. The molecule has 5 aromatic rings. The standard InChI is InChI=1S/C30H33N7O/c1-3-4-6-11-28-22(2)36(19-17-23-9-7-5-8-10-23)30(38)37(28)21-24-12-14-25(15-13-24)26-16-18-31-20-27(26)29-32-34-35-33-29/h5,7-10,12-16,18,20H,3-4,6,11,17,19,21H2,1-2H3,(H,32,33,34,35). The van der Waals surface area contributed by atoms with Crippen molar-refractivity contribution >= 4 is 0 Å². The van der Waals surface area contributed by atoms with E-state index in [0.29, 0.717) is 18.9 Å². The van der Waals surface area contributed by atoms with Crippen LogP contribution < -0.4 is 5.69 Å². The highest BCUT2D eigenvalue weighted by atomic mass is 16.1. The summed E-state index contributed by atoms with van der Waals surface area (Å²) in [5.74, 6) is 0.507. The molecular weight excluding hydrogens is 474 g/mol. The first kappa shape index (κ1) is 25.3. The smallest absolute Gasteiger partial charge is 0.296 e. The molecule has 8 nitrogen and oxygen atoms in total. The monoisotopic (exact) mass is 507 g/mol. The van der Waals surface area contributed by atoms with Crippen molar-refractivity contribution in [2.75, 3.05) is 0 Å². The maximum absolute atomic E-state index is 13.6. The summed E-state index contributed by atoms with van der Waals surface area (Å²) >= 11 is 0. The lowest BCUT2D eigenvalue weighted by Crippen LogP contribution is -2.26. The fourth-order valence-corrected chi connectivity index (χ4v) is 5.00. The summed E-state index contributed by atoms with van der Waals surface area (Å²) in [6.45, 7) is 5.53. The number of aryl methyl sites for hydroxylation is 1. The maximum atomic E-state index is 13.6. The number of imidazole rings is 1. The largest absolute Gasteiger partial charge is 0.328 e. The Morgan fingerprint density at radius 2 is 1.68 bits per heavy atom. The fraction of sp³-hybridized carbons (Fsp3) is 0.300. The molecule has 0 aliphatic rings. The number of pyridine rings is 1. The molecule has 0 unspecified atom stereocenters. The van der Waals surface area contributed by atoms with Crippen molar-refractivity contribution < 1.29 is 0 Å². The zero-order valence-electron chi connectivity index (χ0n) is 22.0. The number of benzene rings is 2. The molecule has 8 heteroatoms. The topological polar surface area (TPSA) is 94.3 Å². The van der Waals surface area contributed by atoms with E-state index in [9.17, 15) is 4.79 Å². The average Bonchev–Trinajstić information content (AvgIpc) is 3.57. The number of hydrogen-bond acceptors (Lipinski definition) is 5. The summed E-state index contributed by atoms with van der Waals surface area (Å²) < 4.78 is 3.93. The van der Waals surface area contributed by atoms with E-state index in [4.69, 9.17) is 0 Å². The van der Waals surface area contributed by atoms with Gasteiger partial charge >= 0.3 is 5.69 Å². The van der Waals surface area contributed by atoms with E-state index in [1.165, 1.54) is 5.56 Å². The van der Waals surface area contributed by atoms with Gasteiger partial charge in [0.15, 0.2) is 0 Å². The molecule has 194 valence electrons. The Morgan fingerprint density at radius 1 is 0.868 bits per heavy atom. The SMILES string of the molecule is CCCCCc1c(C)n(CCc2ccccc2)c(=O)n1Cc1ccc(-c2ccncc2-c2nn[nH]n2)cc1. The minimum absolute atomic E-state index is 0.0718. The predicted octanol–water partition coefficient (Wildman–Crippen LogP) is 5.22. The zero-order valence-corrected chi connectivity index (χ0v) is 22.0. The number of nitrogens with one attached hydrogen (secondary N) is 1. The molecule has 2 aromatic carbocycles. The van der Waals surface area contributed by atoms with E-state index in [0.717, 1.165) is 65.7 Å². The molecule has 0 atom stereocenters. The van der Waals surface area contributed by atoms with E-state index >= 15 is 0 Å². The summed E-state index contributed by atoms with van der Waals surface area (Å²) in [6.07, 6.45) is 8.65. The first-order chi connectivity index (χ1) is 18.7. The molecule has 0 spiro atoms. The van der Waals surface area contributed by atoms with E-state index in [1.54, 1.807) is 12.4 Å². The third kappa shape index (κ3) is 5.49. The fourth-order valence-electron chi connectivity index (χ4n) is 5.00. The van der Waals surface area contributed by atoms with Gasteiger partial charge in [-0.15, -0.1) is 10.2 Å². The molecule has 0 saturated heterocycles. The summed E-state index contributed by atoms with van der Waals surface area (Å²) in [7, 11) is 0. The number of aromatic nitrogens is 7. The van der Waals surface area contributed by atoms with E-state index in [2.05, 4.69) is 75.9 Å². The second-order valence-electron chi connectivity index (χ2n) is 9.60. The maximum Gasteiger partial charge on any atom is 0.328 e. The van der Waals surface area contributed by atoms with Crippen molar-refractivity contribution in [1.82, 2.24) is 34.7 Å².